The van der Waals surface area contributed by atoms with E-state index < -0.39 is 17.7 Å². The van der Waals surface area contributed by atoms with E-state index in [1.165, 1.54) is 12.1 Å². The molecule has 6 nitrogen and oxygen atoms in total. The van der Waals surface area contributed by atoms with Gasteiger partial charge in [0.1, 0.15) is 6.61 Å². The SMILES string of the molecule is O=C(O)c1cccc(-c2cccc3cc(OCc4cccc(C(F)(F)F)c4)nn23)c1.[Na+].[OH-]. The number of alkyl halides is 3. The number of pyridine rings is 1. The van der Waals surface area contributed by atoms with Crippen LogP contribution < -0.4 is 34.3 Å². The molecule has 0 unspecified atom stereocenters. The smallest absolute Gasteiger partial charge is 0.870 e. The molecular formula is C22H16F3N2NaO4. The fourth-order valence-corrected chi connectivity index (χ4v) is 3.09. The predicted molar refractivity (Wildman–Crippen MR) is 105 cm³/mol. The summed E-state index contributed by atoms with van der Waals surface area (Å²) in [6.07, 6.45) is -4.42. The number of hydrogen-bond acceptors (Lipinski definition) is 4. The summed E-state index contributed by atoms with van der Waals surface area (Å²) in [6, 6.07) is 18.4. The maximum atomic E-state index is 12.9. The van der Waals surface area contributed by atoms with E-state index in [1.54, 1.807) is 53.0 Å². The van der Waals surface area contributed by atoms with Gasteiger partial charge in [-0.1, -0.05) is 30.3 Å². The molecule has 0 saturated carbocycles. The van der Waals surface area contributed by atoms with Gasteiger partial charge in [0, 0.05) is 11.6 Å². The van der Waals surface area contributed by atoms with Crippen LogP contribution in [0.3, 0.4) is 0 Å². The van der Waals surface area contributed by atoms with E-state index in [1.807, 2.05) is 0 Å². The van der Waals surface area contributed by atoms with Crippen molar-refractivity contribution in [3.05, 3.63) is 89.5 Å². The van der Waals surface area contributed by atoms with Crippen LogP contribution in [0.1, 0.15) is 21.5 Å². The van der Waals surface area contributed by atoms with Crippen molar-refractivity contribution >= 4 is 11.5 Å². The number of rotatable bonds is 5. The molecular weight excluding hydrogens is 436 g/mol. The minimum Gasteiger partial charge on any atom is -0.870 e. The Morgan fingerprint density at radius 1 is 1.00 bits per heavy atom. The van der Waals surface area contributed by atoms with Crippen LogP contribution in [-0.2, 0) is 12.8 Å². The van der Waals surface area contributed by atoms with E-state index in [4.69, 9.17) is 4.74 Å². The van der Waals surface area contributed by atoms with Crippen LogP contribution in [-0.4, -0.2) is 26.2 Å². The molecule has 0 aliphatic rings. The van der Waals surface area contributed by atoms with Crippen molar-refractivity contribution in [1.29, 1.82) is 0 Å². The number of aromatic carboxylic acids is 1. The minimum atomic E-state index is -4.42. The normalized spacial score (nSPS) is 10.8. The summed E-state index contributed by atoms with van der Waals surface area (Å²) in [7, 11) is 0. The van der Waals surface area contributed by atoms with Gasteiger partial charge in [-0.25, -0.2) is 9.31 Å². The van der Waals surface area contributed by atoms with Crippen molar-refractivity contribution in [3.63, 3.8) is 0 Å². The van der Waals surface area contributed by atoms with E-state index in [2.05, 4.69) is 5.10 Å². The van der Waals surface area contributed by atoms with E-state index in [0.717, 1.165) is 12.1 Å². The quantitative estimate of drug-likeness (QED) is 0.469. The van der Waals surface area contributed by atoms with Gasteiger partial charge in [-0.05, 0) is 42.0 Å². The molecule has 0 atom stereocenters. The molecule has 2 aromatic carbocycles. The minimum absolute atomic E-state index is 0. The third-order valence-corrected chi connectivity index (χ3v) is 4.51. The molecule has 0 saturated heterocycles. The molecule has 4 aromatic rings. The van der Waals surface area contributed by atoms with Gasteiger partial charge in [-0.3, -0.25) is 0 Å². The molecule has 0 fully saturated rings. The van der Waals surface area contributed by atoms with Crippen molar-refractivity contribution in [2.24, 2.45) is 0 Å². The summed E-state index contributed by atoms with van der Waals surface area (Å²) < 4.78 is 45.8. The predicted octanol–water partition coefficient (Wildman–Crippen LogP) is 2.12. The molecule has 0 bridgehead atoms. The van der Waals surface area contributed by atoms with Gasteiger partial charge < -0.3 is 15.3 Å². The largest absolute Gasteiger partial charge is 1.00 e. The topological polar surface area (TPSA) is 93.8 Å². The van der Waals surface area contributed by atoms with Gasteiger partial charge in [0.05, 0.1) is 22.3 Å². The number of nitrogens with zero attached hydrogens (tertiary/aromatic N) is 2. The Balaban J connectivity index is 0.00000181. The first kappa shape index (κ1) is 25.4. The van der Waals surface area contributed by atoms with Gasteiger partial charge in [-0.2, -0.15) is 13.2 Å². The molecule has 32 heavy (non-hydrogen) atoms. The zero-order valence-electron chi connectivity index (χ0n) is 16.9. The number of hydrogen-bond donors (Lipinski definition) is 1. The molecule has 4 rings (SSSR count). The van der Waals surface area contributed by atoms with E-state index in [9.17, 15) is 23.1 Å². The number of fused-ring (bicyclic) bond motifs is 1. The number of benzene rings is 2. The third kappa shape index (κ3) is 5.49. The fourth-order valence-electron chi connectivity index (χ4n) is 3.09. The Morgan fingerprint density at radius 2 is 1.72 bits per heavy atom. The number of carboxylic acid groups (broad SMARTS) is 1. The summed E-state index contributed by atoms with van der Waals surface area (Å²) >= 11 is 0. The van der Waals surface area contributed by atoms with Gasteiger partial charge in [0.25, 0.3) is 0 Å². The van der Waals surface area contributed by atoms with Crippen molar-refractivity contribution in [3.8, 4) is 17.1 Å². The van der Waals surface area contributed by atoms with Crippen LogP contribution in [0.15, 0.2) is 72.8 Å². The van der Waals surface area contributed by atoms with Crippen LogP contribution in [0.2, 0.25) is 0 Å². The average molecular weight is 452 g/mol. The van der Waals surface area contributed by atoms with E-state index >= 15 is 0 Å². The summed E-state index contributed by atoms with van der Waals surface area (Å²) in [4.78, 5) is 11.2. The van der Waals surface area contributed by atoms with E-state index in [-0.39, 0.29) is 53.1 Å². The Kier molecular flexibility index (Phi) is 8.08. The molecule has 2 heterocycles. The van der Waals surface area contributed by atoms with Crippen LogP contribution in [0.5, 0.6) is 5.88 Å². The first-order valence-electron chi connectivity index (χ1n) is 8.93. The third-order valence-electron chi connectivity index (χ3n) is 4.51. The van der Waals surface area contributed by atoms with Crippen molar-refractivity contribution in [2.45, 2.75) is 12.8 Å². The van der Waals surface area contributed by atoms with Gasteiger partial charge in [0.2, 0.25) is 5.88 Å². The zero-order valence-corrected chi connectivity index (χ0v) is 18.9. The molecule has 160 valence electrons. The number of carboxylic acids is 1. The molecule has 2 N–H and O–H groups in total. The maximum absolute atomic E-state index is 12.9. The van der Waals surface area contributed by atoms with Crippen LogP contribution in [0.4, 0.5) is 13.2 Å². The molecule has 0 radical (unpaired) electrons. The second-order valence-electron chi connectivity index (χ2n) is 6.60. The number of aromatic nitrogens is 2. The van der Waals surface area contributed by atoms with Crippen molar-refractivity contribution in [2.75, 3.05) is 0 Å². The molecule has 0 aliphatic heterocycles. The Bertz CT molecular complexity index is 1240. The van der Waals surface area contributed by atoms with Gasteiger partial charge >= 0.3 is 41.7 Å². The summed E-state index contributed by atoms with van der Waals surface area (Å²) in [6.45, 7) is -0.0718. The number of halogens is 3. The first-order chi connectivity index (χ1) is 14.3. The first-order valence-corrected chi connectivity index (χ1v) is 8.93. The zero-order chi connectivity index (χ0) is 21.3. The second-order valence-corrected chi connectivity index (χ2v) is 6.60. The van der Waals surface area contributed by atoms with Crippen LogP contribution >= 0.6 is 0 Å². The Labute approximate surface area is 202 Å². The molecule has 0 amide bonds. The molecule has 0 spiro atoms. The Hall–Kier alpha value is -2.85. The maximum Gasteiger partial charge on any atom is 1.00 e. The standard InChI is InChI=1S/C22H15F3N2O3.Na.H2O/c23-22(24,25)17-7-1-4-14(10-17)13-30-20-12-18-8-3-9-19(27(18)26-20)15-5-2-6-16(11-15)21(28)29;;/h1-12H,13H2,(H,28,29);;1H2/q;+1;/p-1. The van der Waals surface area contributed by atoms with Gasteiger partial charge in [0.15, 0.2) is 0 Å². The average Bonchev–Trinajstić information content (AvgIpc) is 3.15. The van der Waals surface area contributed by atoms with Crippen LogP contribution in [0, 0.1) is 0 Å². The number of ether oxygens (including phenoxy) is 1. The fraction of sp³-hybridized carbons (Fsp3) is 0.0909. The van der Waals surface area contributed by atoms with E-state index in [0.29, 0.717) is 22.3 Å². The summed E-state index contributed by atoms with van der Waals surface area (Å²) in [5.74, 6) is -0.788. The molecule has 0 aliphatic carbocycles. The summed E-state index contributed by atoms with van der Waals surface area (Å²) in [5.41, 5.74) is 1.80. The molecule has 10 heteroatoms. The van der Waals surface area contributed by atoms with Gasteiger partial charge in [-0.15, -0.1) is 5.10 Å². The number of carbonyl (C=O) groups is 1. The monoisotopic (exact) mass is 452 g/mol. The van der Waals surface area contributed by atoms with Crippen LogP contribution in [0.25, 0.3) is 16.8 Å². The molecule has 2 aromatic heterocycles. The Morgan fingerprint density at radius 3 is 2.44 bits per heavy atom. The van der Waals surface area contributed by atoms with Crippen molar-refractivity contribution < 1.29 is 62.8 Å². The summed E-state index contributed by atoms with van der Waals surface area (Å²) in [5, 5.41) is 13.6. The second kappa shape index (κ2) is 10.2. The van der Waals surface area contributed by atoms with Crippen molar-refractivity contribution in [1.82, 2.24) is 9.61 Å².